The number of sulfonamides is 1. The Hall–Kier alpha value is -3.36. The summed E-state index contributed by atoms with van der Waals surface area (Å²) in [6, 6.07) is 20.7. The fourth-order valence-corrected chi connectivity index (χ4v) is 5.52. The van der Waals surface area contributed by atoms with Crippen molar-refractivity contribution >= 4 is 33.0 Å². The maximum atomic E-state index is 12.8. The van der Waals surface area contributed by atoms with Crippen molar-refractivity contribution in [2.24, 2.45) is 0 Å². The van der Waals surface area contributed by atoms with E-state index in [2.05, 4.69) is 22.2 Å². The van der Waals surface area contributed by atoms with Crippen LogP contribution in [-0.2, 0) is 16.6 Å². The maximum absolute atomic E-state index is 12.8. The van der Waals surface area contributed by atoms with E-state index in [9.17, 15) is 13.2 Å². The second-order valence-electron chi connectivity index (χ2n) is 9.50. The largest absolute Gasteiger partial charge is 0.369 e. The van der Waals surface area contributed by atoms with Crippen molar-refractivity contribution in [3.63, 3.8) is 0 Å². The quantitative estimate of drug-likeness (QED) is 0.518. The summed E-state index contributed by atoms with van der Waals surface area (Å²) in [6.07, 6.45) is 1.22. The van der Waals surface area contributed by atoms with Crippen molar-refractivity contribution in [3.05, 3.63) is 89.0 Å². The number of piperazine rings is 1. The Kier molecular flexibility index (Phi) is 7.66. The van der Waals surface area contributed by atoms with Crippen LogP contribution >= 0.6 is 0 Å². The van der Waals surface area contributed by atoms with Gasteiger partial charge in [0.05, 0.1) is 18.5 Å². The number of carbonyl (C=O) groups is 1. The molecule has 4 rings (SSSR count). The molecule has 1 saturated heterocycles. The molecule has 0 aromatic heterocycles. The van der Waals surface area contributed by atoms with Gasteiger partial charge in [0.1, 0.15) is 0 Å². The predicted molar refractivity (Wildman–Crippen MR) is 147 cm³/mol. The fraction of sp³-hybridized carbons (Fsp3) is 0.321. The van der Waals surface area contributed by atoms with Crippen LogP contribution in [0.15, 0.2) is 66.7 Å². The van der Waals surface area contributed by atoms with Gasteiger partial charge in [0.25, 0.3) is 5.91 Å². The third-order valence-corrected chi connectivity index (χ3v) is 7.74. The van der Waals surface area contributed by atoms with Gasteiger partial charge in [-0.2, -0.15) is 0 Å². The zero-order valence-corrected chi connectivity index (χ0v) is 22.2. The summed E-state index contributed by atoms with van der Waals surface area (Å²) < 4.78 is 26.7. The minimum absolute atomic E-state index is 0.195. The van der Waals surface area contributed by atoms with Gasteiger partial charge in [-0.1, -0.05) is 30.3 Å². The molecule has 8 heteroatoms. The minimum atomic E-state index is -3.49. The normalized spacial score (nSPS) is 14.5. The molecule has 0 spiro atoms. The van der Waals surface area contributed by atoms with Gasteiger partial charge in [-0.05, 0) is 74.0 Å². The number of para-hydroxylation sites is 1. The summed E-state index contributed by atoms with van der Waals surface area (Å²) in [5, 5.41) is 2.95. The summed E-state index contributed by atoms with van der Waals surface area (Å²) in [4.78, 5) is 17.5. The average molecular weight is 507 g/mol. The molecule has 1 amide bonds. The molecule has 1 heterocycles. The highest BCUT2D eigenvalue weighted by Crippen LogP contribution is 2.28. The van der Waals surface area contributed by atoms with Gasteiger partial charge in [-0.25, -0.2) is 8.42 Å². The molecule has 1 aliphatic heterocycles. The van der Waals surface area contributed by atoms with Gasteiger partial charge in [-0.3, -0.25) is 9.10 Å². The van der Waals surface area contributed by atoms with E-state index in [1.165, 1.54) is 10.6 Å². The second kappa shape index (κ2) is 10.7. The minimum Gasteiger partial charge on any atom is -0.369 e. The van der Waals surface area contributed by atoms with E-state index in [1.807, 2.05) is 56.3 Å². The van der Waals surface area contributed by atoms with Gasteiger partial charge >= 0.3 is 0 Å². The predicted octanol–water partition coefficient (Wildman–Crippen LogP) is 4.27. The molecule has 0 saturated carbocycles. The number of hydrogen-bond acceptors (Lipinski definition) is 5. The van der Waals surface area contributed by atoms with Gasteiger partial charge in [0.2, 0.25) is 10.0 Å². The molecule has 0 bridgehead atoms. The maximum Gasteiger partial charge on any atom is 0.255 e. The van der Waals surface area contributed by atoms with E-state index in [1.54, 1.807) is 24.3 Å². The van der Waals surface area contributed by atoms with Gasteiger partial charge in [0.15, 0.2) is 0 Å². The van der Waals surface area contributed by atoms with Crippen LogP contribution in [0.5, 0.6) is 0 Å². The molecule has 1 fully saturated rings. The third kappa shape index (κ3) is 6.06. The van der Waals surface area contributed by atoms with Crippen LogP contribution in [0.4, 0.5) is 17.1 Å². The summed E-state index contributed by atoms with van der Waals surface area (Å²) in [7, 11) is -1.36. The van der Waals surface area contributed by atoms with E-state index in [0.717, 1.165) is 54.2 Å². The summed E-state index contributed by atoms with van der Waals surface area (Å²) in [5.74, 6) is -0.205. The van der Waals surface area contributed by atoms with E-state index in [4.69, 9.17) is 0 Å². The lowest BCUT2D eigenvalue weighted by molar-refractivity contribution is 0.102. The van der Waals surface area contributed by atoms with Gasteiger partial charge in [0, 0.05) is 43.1 Å². The zero-order valence-electron chi connectivity index (χ0n) is 21.4. The molecule has 36 heavy (non-hydrogen) atoms. The van der Waals surface area contributed by atoms with Crippen LogP contribution in [0, 0.1) is 13.8 Å². The molecule has 0 radical (unpaired) electrons. The second-order valence-corrected chi connectivity index (χ2v) is 11.4. The van der Waals surface area contributed by atoms with Crippen molar-refractivity contribution in [2.75, 3.05) is 54.0 Å². The first-order valence-electron chi connectivity index (χ1n) is 12.1. The summed E-state index contributed by atoms with van der Waals surface area (Å²) in [6.45, 7) is 8.09. The Morgan fingerprint density at radius 2 is 1.47 bits per heavy atom. The van der Waals surface area contributed by atoms with E-state index in [-0.39, 0.29) is 12.5 Å². The number of amides is 1. The highest BCUT2D eigenvalue weighted by Gasteiger charge is 2.21. The van der Waals surface area contributed by atoms with Gasteiger partial charge in [-0.15, -0.1) is 0 Å². The number of likely N-dealkylation sites (N-methyl/N-ethyl adjacent to an activating group) is 1. The van der Waals surface area contributed by atoms with Crippen molar-refractivity contribution in [1.82, 2.24) is 4.90 Å². The Labute approximate surface area is 214 Å². The van der Waals surface area contributed by atoms with Crippen molar-refractivity contribution in [1.29, 1.82) is 0 Å². The first-order valence-corrected chi connectivity index (χ1v) is 13.9. The Bertz CT molecular complexity index is 1290. The summed E-state index contributed by atoms with van der Waals surface area (Å²) in [5.41, 5.74) is 5.70. The number of rotatable bonds is 7. The number of aryl methyl sites for hydroxylation is 2. The monoisotopic (exact) mass is 506 g/mol. The van der Waals surface area contributed by atoms with Crippen molar-refractivity contribution in [3.8, 4) is 0 Å². The standard InChI is InChI=1S/C28H34N4O3S/c1-21-6-5-7-22(2)27(21)32(36(4,34)35)20-23-8-10-24(11-9-23)28(33)29-25-12-14-26(15-13-25)31-18-16-30(3)17-19-31/h5-15H,16-20H2,1-4H3,(H,29,33). The average Bonchev–Trinajstić information content (AvgIpc) is 2.84. The number of nitrogens with one attached hydrogen (secondary N) is 1. The zero-order chi connectivity index (χ0) is 25.9. The first kappa shape index (κ1) is 25.7. The SMILES string of the molecule is Cc1cccc(C)c1N(Cc1ccc(C(=O)Nc2ccc(N3CCN(C)CC3)cc2)cc1)S(C)(=O)=O. The topological polar surface area (TPSA) is 73.0 Å². The molecular weight excluding hydrogens is 472 g/mol. The van der Waals surface area contributed by atoms with Crippen LogP contribution < -0.4 is 14.5 Å². The van der Waals surface area contributed by atoms with Crippen LogP contribution in [0.25, 0.3) is 0 Å². The number of anilines is 3. The lowest BCUT2D eigenvalue weighted by atomic mass is 10.1. The Morgan fingerprint density at radius 3 is 2.03 bits per heavy atom. The molecule has 190 valence electrons. The molecule has 1 aliphatic rings. The molecule has 0 aliphatic carbocycles. The van der Waals surface area contributed by atoms with Gasteiger partial charge < -0.3 is 15.1 Å². The number of hydrogen-bond donors (Lipinski definition) is 1. The lowest BCUT2D eigenvalue weighted by Crippen LogP contribution is -2.44. The van der Waals surface area contributed by atoms with Crippen LogP contribution in [0.2, 0.25) is 0 Å². The van der Waals surface area contributed by atoms with Crippen molar-refractivity contribution < 1.29 is 13.2 Å². The van der Waals surface area contributed by atoms with E-state index >= 15 is 0 Å². The lowest BCUT2D eigenvalue weighted by Gasteiger charge is -2.34. The molecule has 7 nitrogen and oxygen atoms in total. The molecule has 3 aromatic carbocycles. The molecule has 0 unspecified atom stereocenters. The Balaban J connectivity index is 1.43. The van der Waals surface area contributed by atoms with E-state index < -0.39 is 10.0 Å². The Morgan fingerprint density at radius 1 is 0.889 bits per heavy atom. The van der Waals surface area contributed by atoms with Crippen molar-refractivity contribution in [2.45, 2.75) is 20.4 Å². The first-order chi connectivity index (χ1) is 17.1. The van der Waals surface area contributed by atoms with Crippen LogP contribution in [0.3, 0.4) is 0 Å². The summed E-state index contributed by atoms with van der Waals surface area (Å²) >= 11 is 0. The molecule has 3 aromatic rings. The van der Waals surface area contributed by atoms with Crippen LogP contribution in [-0.4, -0.2) is 58.7 Å². The third-order valence-electron chi connectivity index (χ3n) is 6.63. The highest BCUT2D eigenvalue weighted by molar-refractivity contribution is 7.92. The number of benzene rings is 3. The van der Waals surface area contributed by atoms with E-state index in [0.29, 0.717) is 11.3 Å². The molecular formula is C28H34N4O3S. The highest BCUT2D eigenvalue weighted by atomic mass is 32.2. The van der Waals surface area contributed by atoms with Crippen LogP contribution in [0.1, 0.15) is 27.0 Å². The fourth-order valence-electron chi connectivity index (χ4n) is 4.51. The number of nitrogens with zero attached hydrogens (tertiary/aromatic N) is 3. The smallest absolute Gasteiger partial charge is 0.255 e. The number of carbonyl (C=O) groups excluding carboxylic acids is 1. The molecule has 0 atom stereocenters. The molecule has 1 N–H and O–H groups in total.